The van der Waals surface area contributed by atoms with E-state index in [9.17, 15) is 9.59 Å². The van der Waals surface area contributed by atoms with E-state index >= 15 is 0 Å². The van der Waals surface area contributed by atoms with Gasteiger partial charge in [0.25, 0.3) is 0 Å². The van der Waals surface area contributed by atoms with Crippen LogP contribution in [0.1, 0.15) is 20.3 Å². The number of aliphatic carboxylic acids is 1. The van der Waals surface area contributed by atoms with Crippen molar-refractivity contribution < 1.29 is 14.7 Å². The summed E-state index contributed by atoms with van der Waals surface area (Å²) in [6.45, 7) is 5.55. The summed E-state index contributed by atoms with van der Waals surface area (Å²) in [5.41, 5.74) is 1.15. The molecular formula is C16H22N2O3. The van der Waals surface area contributed by atoms with Crippen LogP contribution in [0.15, 0.2) is 30.3 Å². The molecule has 1 aliphatic heterocycles. The highest BCUT2D eigenvalue weighted by molar-refractivity contribution is 5.96. The van der Waals surface area contributed by atoms with Gasteiger partial charge < -0.3 is 14.9 Å². The molecule has 5 nitrogen and oxygen atoms in total. The Morgan fingerprint density at radius 2 is 1.95 bits per heavy atom. The van der Waals surface area contributed by atoms with Gasteiger partial charge in [0.05, 0.1) is 0 Å². The minimum Gasteiger partial charge on any atom is -0.481 e. The quantitative estimate of drug-likeness (QED) is 0.860. The van der Waals surface area contributed by atoms with E-state index in [4.69, 9.17) is 5.11 Å². The Labute approximate surface area is 125 Å². The Bertz CT molecular complexity index is 504. The molecule has 1 aromatic rings. The van der Waals surface area contributed by atoms with Gasteiger partial charge >= 0.3 is 5.97 Å². The summed E-state index contributed by atoms with van der Waals surface area (Å²) in [5, 5.41) is 9.01. The van der Waals surface area contributed by atoms with Crippen molar-refractivity contribution in [1.82, 2.24) is 4.90 Å². The van der Waals surface area contributed by atoms with Gasteiger partial charge in [-0.05, 0) is 25.5 Å². The van der Waals surface area contributed by atoms with Gasteiger partial charge in [0.1, 0.15) is 5.92 Å². The zero-order valence-corrected chi connectivity index (χ0v) is 12.5. The van der Waals surface area contributed by atoms with Crippen LogP contribution in [0.4, 0.5) is 5.69 Å². The molecule has 0 saturated carbocycles. The number of carboxylic acid groups (broad SMARTS) is 1. The van der Waals surface area contributed by atoms with Gasteiger partial charge in [-0.15, -0.1) is 0 Å². The van der Waals surface area contributed by atoms with Crippen molar-refractivity contribution in [3.05, 3.63) is 30.3 Å². The van der Waals surface area contributed by atoms with Crippen molar-refractivity contribution in [3.63, 3.8) is 0 Å². The molecule has 1 saturated heterocycles. The van der Waals surface area contributed by atoms with Gasteiger partial charge in [-0.3, -0.25) is 9.59 Å². The molecule has 2 atom stereocenters. The standard InChI is InChI=1S/C16H22N2O3/c1-3-13-11-17(14-7-5-4-6-8-14)9-10-18(13)15(19)12(2)16(20)21/h4-8,12-13H,3,9-11H2,1-2H3,(H,20,21)/t12-,13-/m1/s1. The number of nitrogens with zero attached hydrogens (tertiary/aromatic N) is 2. The number of benzene rings is 1. The molecule has 2 rings (SSSR count). The molecule has 114 valence electrons. The van der Waals surface area contributed by atoms with E-state index in [2.05, 4.69) is 17.0 Å². The molecule has 1 aromatic carbocycles. The fourth-order valence-corrected chi connectivity index (χ4v) is 2.72. The number of hydrogen-bond donors (Lipinski definition) is 1. The first-order valence-corrected chi connectivity index (χ1v) is 7.37. The SMILES string of the molecule is CC[C@@H]1CN(c2ccccc2)CCN1C(=O)[C@@H](C)C(=O)O. The molecule has 5 heteroatoms. The molecule has 0 aliphatic carbocycles. The van der Waals surface area contributed by atoms with Gasteiger partial charge in [0.2, 0.25) is 5.91 Å². The number of anilines is 1. The molecule has 1 fully saturated rings. The van der Waals surface area contributed by atoms with E-state index in [1.165, 1.54) is 6.92 Å². The predicted octanol–water partition coefficient (Wildman–Crippen LogP) is 1.83. The molecule has 0 spiro atoms. The first kappa shape index (κ1) is 15.4. The van der Waals surface area contributed by atoms with Crippen molar-refractivity contribution in [3.8, 4) is 0 Å². The smallest absolute Gasteiger partial charge is 0.315 e. The summed E-state index contributed by atoms with van der Waals surface area (Å²) < 4.78 is 0. The minimum atomic E-state index is -1.06. The van der Waals surface area contributed by atoms with Gasteiger partial charge in [-0.2, -0.15) is 0 Å². The molecular weight excluding hydrogens is 268 g/mol. The fourth-order valence-electron chi connectivity index (χ4n) is 2.72. The number of amides is 1. The van der Waals surface area contributed by atoms with Gasteiger partial charge in [-0.1, -0.05) is 25.1 Å². The molecule has 0 bridgehead atoms. The van der Waals surface area contributed by atoms with Gasteiger partial charge in [0, 0.05) is 31.4 Å². The van der Waals surface area contributed by atoms with Crippen LogP contribution in [0.2, 0.25) is 0 Å². The van der Waals surface area contributed by atoms with E-state index < -0.39 is 11.9 Å². The van der Waals surface area contributed by atoms with Crippen molar-refractivity contribution in [2.24, 2.45) is 5.92 Å². The summed E-state index contributed by atoms with van der Waals surface area (Å²) in [6.07, 6.45) is 0.821. The fraction of sp³-hybridized carbons (Fsp3) is 0.500. The summed E-state index contributed by atoms with van der Waals surface area (Å²) in [5.74, 6) is -2.30. The first-order chi connectivity index (χ1) is 10.0. The number of carbonyl (C=O) groups excluding carboxylic acids is 1. The molecule has 0 unspecified atom stereocenters. The lowest BCUT2D eigenvalue weighted by Crippen LogP contribution is -2.56. The van der Waals surface area contributed by atoms with Crippen LogP contribution in [-0.4, -0.2) is 47.6 Å². The third-order valence-corrected chi connectivity index (χ3v) is 4.10. The normalized spacial score (nSPS) is 20.2. The Hall–Kier alpha value is -2.04. The van der Waals surface area contributed by atoms with E-state index in [0.29, 0.717) is 6.54 Å². The van der Waals surface area contributed by atoms with E-state index in [-0.39, 0.29) is 11.9 Å². The summed E-state index contributed by atoms with van der Waals surface area (Å²) in [7, 11) is 0. The Morgan fingerprint density at radius 3 is 2.52 bits per heavy atom. The van der Waals surface area contributed by atoms with E-state index in [0.717, 1.165) is 25.2 Å². The number of para-hydroxylation sites is 1. The third-order valence-electron chi connectivity index (χ3n) is 4.10. The summed E-state index contributed by atoms with van der Waals surface area (Å²) >= 11 is 0. The van der Waals surface area contributed by atoms with Crippen molar-refractivity contribution in [2.45, 2.75) is 26.3 Å². The van der Waals surface area contributed by atoms with Crippen molar-refractivity contribution in [1.29, 1.82) is 0 Å². The first-order valence-electron chi connectivity index (χ1n) is 7.37. The van der Waals surface area contributed by atoms with Gasteiger partial charge in [0.15, 0.2) is 0 Å². The zero-order valence-electron chi connectivity index (χ0n) is 12.5. The molecule has 1 heterocycles. The summed E-state index contributed by atoms with van der Waals surface area (Å²) in [6, 6.07) is 10.2. The maximum absolute atomic E-state index is 12.3. The summed E-state index contributed by atoms with van der Waals surface area (Å²) in [4.78, 5) is 27.3. The Balaban J connectivity index is 2.09. The van der Waals surface area contributed by atoms with Crippen LogP contribution in [0.5, 0.6) is 0 Å². The Morgan fingerprint density at radius 1 is 1.29 bits per heavy atom. The number of carboxylic acids is 1. The second kappa shape index (κ2) is 6.61. The van der Waals surface area contributed by atoms with Crippen molar-refractivity contribution in [2.75, 3.05) is 24.5 Å². The lowest BCUT2D eigenvalue weighted by Gasteiger charge is -2.42. The number of hydrogen-bond acceptors (Lipinski definition) is 3. The van der Waals surface area contributed by atoms with E-state index in [1.54, 1.807) is 4.90 Å². The van der Waals surface area contributed by atoms with Crippen LogP contribution in [0.3, 0.4) is 0 Å². The van der Waals surface area contributed by atoms with Crippen LogP contribution in [0, 0.1) is 5.92 Å². The molecule has 1 aliphatic rings. The van der Waals surface area contributed by atoms with Gasteiger partial charge in [-0.25, -0.2) is 0 Å². The molecule has 1 amide bonds. The largest absolute Gasteiger partial charge is 0.481 e. The maximum Gasteiger partial charge on any atom is 0.315 e. The maximum atomic E-state index is 12.3. The van der Waals surface area contributed by atoms with Crippen LogP contribution < -0.4 is 4.90 Å². The second-order valence-electron chi connectivity index (χ2n) is 5.44. The minimum absolute atomic E-state index is 0.0632. The third kappa shape index (κ3) is 3.35. The topological polar surface area (TPSA) is 60.9 Å². The lowest BCUT2D eigenvalue weighted by atomic mass is 10.0. The number of rotatable bonds is 4. The number of carbonyl (C=O) groups is 2. The lowest BCUT2D eigenvalue weighted by molar-refractivity contribution is -0.151. The molecule has 21 heavy (non-hydrogen) atoms. The molecule has 0 aromatic heterocycles. The second-order valence-corrected chi connectivity index (χ2v) is 5.44. The predicted molar refractivity (Wildman–Crippen MR) is 81.2 cm³/mol. The number of piperazine rings is 1. The average molecular weight is 290 g/mol. The van der Waals surface area contributed by atoms with Crippen LogP contribution in [-0.2, 0) is 9.59 Å². The van der Waals surface area contributed by atoms with Crippen LogP contribution >= 0.6 is 0 Å². The molecule has 0 radical (unpaired) electrons. The monoisotopic (exact) mass is 290 g/mol. The highest BCUT2D eigenvalue weighted by Gasteiger charge is 2.34. The highest BCUT2D eigenvalue weighted by Crippen LogP contribution is 2.21. The van der Waals surface area contributed by atoms with E-state index in [1.807, 2.05) is 25.1 Å². The molecule has 1 N–H and O–H groups in total. The highest BCUT2D eigenvalue weighted by atomic mass is 16.4. The Kier molecular flexibility index (Phi) is 4.83. The van der Waals surface area contributed by atoms with Crippen LogP contribution in [0.25, 0.3) is 0 Å². The van der Waals surface area contributed by atoms with Crippen molar-refractivity contribution >= 4 is 17.6 Å². The average Bonchev–Trinajstić information content (AvgIpc) is 2.53. The zero-order chi connectivity index (χ0) is 15.4.